The van der Waals surface area contributed by atoms with Gasteiger partial charge in [0.15, 0.2) is 6.29 Å². The number of nitrogens with zero attached hydrogens (tertiary/aromatic N) is 2. The number of rotatable bonds is 1. The van der Waals surface area contributed by atoms with Crippen molar-refractivity contribution in [2.75, 3.05) is 0 Å². The Bertz CT molecular complexity index is 516. The predicted octanol–water partition coefficient (Wildman–Crippen LogP) is 2.46. The summed E-state index contributed by atoms with van der Waals surface area (Å²) in [5.74, 6) is 0. The van der Waals surface area contributed by atoms with E-state index in [9.17, 15) is 4.79 Å². The molecule has 0 aliphatic heterocycles. The summed E-state index contributed by atoms with van der Waals surface area (Å²) in [6.07, 6.45) is 0.862. The maximum Gasteiger partial charge on any atom is 0.151 e. The van der Waals surface area contributed by atoms with Gasteiger partial charge in [-0.1, -0.05) is 15.9 Å². The van der Waals surface area contributed by atoms with Gasteiger partial charge in [-0.3, -0.25) is 9.48 Å². The molecule has 0 bridgehead atoms. The fraction of sp³-hybridized carbons (Fsp3) is 0.200. The fourth-order valence-electron chi connectivity index (χ4n) is 1.56. The van der Waals surface area contributed by atoms with Crippen molar-refractivity contribution in [3.63, 3.8) is 0 Å². The molecule has 1 aromatic carbocycles. The Balaban J connectivity index is 2.98. The zero-order valence-electron chi connectivity index (χ0n) is 7.91. The van der Waals surface area contributed by atoms with E-state index < -0.39 is 0 Å². The van der Waals surface area contributed by atoms with Gasteiger partial charge in [-0.25, -0.2) is 0 Å². The number of fused-ring (bicyclic) bond motifs is 1. The first kappa shape index (κ1) is 9.40. The van der Waals surface area contributed by atoms with Gasteiger partial charge in [-0.15, -0.1) is 0 Å². The lowest BCUT2D eigenvalue weighted by atomic mass is 10.1. The number of carbonyl (C=O) groups excluding carboxylic acids is 1. The van der Waals surface area contributed by atoms with Crippen LogP contribution >= 0.6 is 15.9 Å². The molecular formula is C10H9BrN2O. The van der Waals surface area contributed by atoms with E-state index in [1.54, 1.807) is 4.68 Å². The van der Waals surface area contributed by atoms with Crippen LogP contribution in [0.15, 0.2) is 16.6 Å². The molecule has 14 heavy (non-hydrogen) atoms. The van der Waals surface area contributed by atoms with Crippen LogP contribution in [0.2, 0.25) is 0 Å². The quantitative estimate of drug-likeness (QED) is 0.731. The van der Waals surface area contributed by atoms with Crippen LogP contribution in [0.3, 0.4) is 0 Å². The van der Waals surface area contributed by atoms with E-state index in [2.05, 4.69) is 21.0 Å². The molecule has 0 aliphatic carbocycles. The Morgan fingerprint density at radius 3 is 2.86 bits per heavy atom. The Morgan fingerprint density at radius 2 is 2.21 bits per heavy atom. The lowest BCUT2D eigenvalue weighted by molar-refractivity contribution is 0.112. The van der Waals surface area contributed by atoms with E-state index in [1.165, 1.54) is 0 Å². The summed E-state index contributed by atoms with van der Waals surface area (Å²) in [6, 6.07) is 3.75. The fourth-order valence-corrected chi connectivity index (χ4v) is 1.98. The Morgan fingerprint density at radius 1 is 1.50 bits per heavy atom. The minimum absolute atomic E-state index is 0.674. The van der Waals surface area contributed by atoms with Crippen molar-refractivity contribution in [1.82, 2.24) is 9.78 Å². The molecule has 0 spiro atoms. The molecule has 2 rings (SSSR count). The van der Waals surface area contributed by atoms with E-state index in [0.717, 1.165) is 27.4 Å². The van der Waals surface area contributed by atoms with E-state index in [-0.39, 0.29) is 0 Å². The number of halogens is 1. The van der Waals surface area contributed by atoms with Gasteiger partial charge < -0.3 is 0 Å². The molecular weight excluding hydrogens is 244 g/mol. The molecule has 4 heteroatoms. The molecule has 0 unspecified atom stereocenters. The molecule has 1 heterocycles. The van der Waals surface area contributed by atoms with Crippen LogP contribution in [-0.2, 0) is 7.05 Å². The monoisotopic (exact) mass is 252 g/mol. The van der Waals surface area contributed by atoms with Crippen molar-refractivity contribution < 1.29 is 4.79 Å². The third-order valence-corrected chi connectivity index (χ3v) is 3.08. The van der Waals surface area contributed by atoms with Crippen molar-refractivity contribution in [1.29, 1.82) is 0 Å². The predicted molar refractivity (Wildman–Crippen MR) is 58.5 cm³/mol. The van der Waals surface area contributed by atoms with E-state index >= 15 is 0 Å². The Hall–Kier alpha value is -1.16. The number of aldehydes is 1. The first-order valence-corrected chi connectivity index (χ1v) is 5.01. The number of hydrogen-bond acceptors (Lipinski definition) is 2. The summed E-state index contributed by atoms with van der Waals surface area (Å²) < 4.78 is 2.60. The molecule has 0 N–H and O–H groups in total. The van der Waals surface area contributed by atoms with Crippen molar-refractivity contribution in [3.05, 3.63) is 27.9 Å². The highest BCUT2D eigenvalue weighted by Gasteiger charge is 2.11. The molecule has 72 valence electrons. The molecule has 2 aromatic rings. The van der Waals surface area contributed by atoms with Crippen LogP contribution in [0.25, 0.3) is 10.9 Å². The smallest absolute Gasteiger partial charge is 0.151 e. The highest BCUT2D eigenvalue weighted by molar-refractivity contribution is 9.10. The van der Waals surface area contributed by atoms with Crippen LogP contribution in [0, 0.1) is 6.92 Å². The van der Waals surface area contributed by atoms with E-state index in [0.29, 0.717) is 5.56 Å². The average molecular weight is 253 g/mol. The normalized spacial score (nSPS) is 10.8. The summed E-state index contributed by atoms with van der Waals surface area (Å²) in [5.41, 5.74) is 2.53. The molecule has 0 atom stereocenters. The number of aromatic nitrogens is 2. The van der Waals surface area contributed by atoms with Crippen LogP contribution in [0.5, 0.6) is 0 Å². The van der Waals surface area contributed by atoms with Crippen LogP contribution in [0.4, 0.5) is 0 Å². The number of hydrogen-bond donors (Lipinski definition) is 0. The van der Waals surface area contributed by atoms with Gasteiger partial charge in [0, 0.05) is 28.2 Å². The highest BCUT2D eigenvalue weighted by Crippen LogP contribution is 2.26. The summed E-state index contributed by atoms with van der Waals surface area (Å²) in [4.78, 5) is 10.9. The third kappa shape index (κ3) is 1.18. The largest absolute Gasteiger partial charge is 0.298 e. The Labute approximate surface area is 89.8 Å². The van der Waals surface area contributed by atoms with Gasteiger partial charge >= 0.3 is 0 Å². The zero-order valence-corrected chi connectivity index (χ0v) is 9.50. The van der Waals surface area contributed by atoms with Crippen LogP contribution < -0.4 is 0 Å². The maximum atomic E-state index is 10.9. The van der Waals surface area contributed by atoms with Gasteiger partial charge in [-0.05, 0) is 19.1 Å². The lowest BCUT2D eigenvalue weighted by Crippen LogP contribution is -1.92. The average Bonchev–Trinajstić information content (AvgIpc) is 2.45. The number of benzene rings is 1. The summed E-state index contributed by atoms with van der Waals surface area (Å²) in [6.45, 7) is 1.95. The topological polar surface area (TPSA) is 34.9 Å². The van der Waals surface area contributed by atoms with Gasteiger partial charge in [0.2, 0.25) is 0 Å². The number of aryl methyl sites for hydroxylation is 2. The second kappa shape index (κ2) is 3.20. The van der Waals surface area contributed by atoms with Crippen LogP contribution in [-0.4, -0.2) is 16.1 Å². The summed E-state index contributed by atoms with van der Waals surface area (Å²) in [7, 11) is 1.87. The second-order valence-electron chi connectivity index (χ2n) is 3.18. The van der Waals surface area contributed by atoms with Gasteiger partial charge in [-0.2, -0.15) is 5.10 Å². The minimum Gasteiger partial charge on any atom is -0.298 e. The second-order valence-corrected chi connectivity index (χ2v) is 4.04. The third-order valence-electron chi connectivity index (χ3n) is 2.39. The summed E-state index contributed by atoms with van der Waals surface area (Å²) in [5, 5.41) is 5.23. The van der Waals surface area contributed by atoms with Gasteiger partial charge in [0.25, 0.3) is 0 Å². The first-order valence-electron chi connectivity index (χ1n) is 4.22. The van der Waals surface area contributed by atoms with Gasteiger partial charge in [0.05, 0.1) is 5.52 Å². The molecule has 0 saturated heterocycles. The zero-order chi connectivity index (χ0) is 10.3. The van der Waals surface area contributed by atoms with Crippen LogP contribution in [0.1, 0.15) is 16.1 Å². The molecule has 0 fully saturated rings. The Kier molecular flexibility index (Phi) is 2.15. The molecule has 3 nitrogen and oxygen atoms in total. The first-order chi connectivity index (χ1) is 6.65. The highest BCUT2D eigenvalue weighted by atomic mass is 79.9. The van der Waals surface area contributed by atoms with Crippen molar-refractivity contribution >= 4 is 33.1 Å². The maximum absolute atomic E-state index is 10.9. The SMILES string of the molecule is Cc1c2c(C=O)c(Br)ccc2nn1C. The number of carbonyl (C=O) groups is 1. The summed E-state index contributed by atoms with van der Waals surface area (Å²) >= 11 is 3.35. The molecule has 0 amide bonds. The van der Waals surface area contributed by atoms with E-state index in [4.69, 9.17) is 0 Å². The molecule has 0 saturated carbocycles. The molecule has 0 radical (unpaired) electrons. The van der Waals surface area contributed by atoms with Crippen molar-refractivity contribution in [2.45, 2.75) is 6.92 Å². The van der Waals surface area contributed by atoms with Gasteiger partial charge in [0.1, 0.15) is 0 Å². The molecule has 1 aromatic heterocycles. The van der Waals surface area contributed by atoms with Crippen molar-refractivity contribution in [2.24, 2.45) is 7.05 Å². The standard InChI is InChI=1S/C10H9BrN2O/c1-6-10-7(5-14)8(11)3-4-9(10)12-13(6)2/h3-5H,1-2H3. The lowest BCUT2D eigenvalue weighted by Gasteiger charge is -1.98. The molecule has 0 aliphatic rings. The van der Waals surface area contributed by atoms with E-state index in [1.807, 2.05) is 26.1 Å². The van der Waals surface area contributed by atoms with Crippen molar-refractivity contribution in [3.8, 4) is 0 Å². The minimum atomic E-state index is 0.674.